The van der Waals surface area contributed by atoms with Crippen LogP contribution < -0.4 is 0 Å². The second-order valence-corrected chi connectivity index (χ2v) is 3.78. The first-order chi connectivity index (χ1) is 7.80. The van der Waals surface area contributed by atoms with Crippen molar-refractivity contribution in [3.63, 3.8) is 0 Å². The fourth-order valence-corrected chi connectivity index (χ4v) is 1.56. The molecule has 0 saturated carbocycles. The van der Waals surface area contributed by atoms with Crippen LogP contribution in [0.2, 0.25) is 0 Å². The third-order valence-corrected chi connectivity index (χ3v) is 2.42. The number of aliphatic hydroxyl groups is 1. The minimum absolute atomic E-state index is 0.144. The number of aldehydes is 1. The molecule has 1 aromatic heterocycles. The van der Waals surface area contributed by atoms with Gasteiger partial charge in [-0.2, -0.15) is 0 Å². The summed E-state index contributed by atoms with van der Waals surface area (Å²) in [5, 5.41) is 8.94. The van der Waals surface area contributed by atoms with Crippen LogP contribution in [0.4, 0.5) is 0 Å². The number of aliphatic hydroxyl groups excluding tert-OH is 1. The van der Waals surface area contributed by atoms with Gasteiger partial charge in [-0.1, -0.05) is 13.3 Å². The van der Waals surface area contributed by atoms with Gasteiger partial charge < -0.3 is 9.52 Å². The zero-order valence-electron chi connectivity index (χ0n) is 9.69. The topological polar surface area (TPSA) is 53.7 Å². The zero-order valence-corrected chi connectivity index (χ0v) is 9.69. The Balaban J connectivity index is 2.49. The van der Waals surface area contributed by atoms with Crippen LogP contribution in [0.1, 0.15) is 36.1 Å². The Morgan fingerprint density at radius 2 is 2.25 bits per heavy atom. The summed E-state index contributed by atoms with van der Waals surface area (Å²) in [6.45, 7) is 4.50. The second kappa shape index (κ2) is 7.19. The van der Waals surface area contributed by atoms with Crippen LogP contribution in [0.5, 0.6) is 0 Å². The van der Waals surface area contributed by atoms with Crippen LogP contribution >= 0.6 is 0 Å². The van der Waals surface area contributed by atoms with Crippen molar-refractivity contribution in [2.75, 3.05) is 19.7 Å². The lowest BCUT2D eigenvalue weighted by molar-refractivity contribution is 0.109. The maximum Gasteiger partial charge on any atom is 0.185 e. The summed E-state index contributed by atoms with van der Waals surface area (Å²) in [5.74, 6) is 1.13. The summed E-state index contributed by atoms with van der Waals surface area (Å²) in [4.78, 5) is 12.6. The normalized spacial score (nSPS) is 10.9. The van der Waals surface area contributed by atoms with Crippen molar-refractivity contribution in [3.8, 4) is 0 Å². The molecule has 1 aromatic rings. The molecule has 16 heavy (non-hydrogen) atoms. The predicted octanol–water partition coefficient (Wildman–Crippen LogP) is 1.69. The van der Waals surface area contributed by atoms with Gasteiger partial charge in [0.1, 0.15) is 5.76 Å². The first kappa shape index (κ1) is 12.9. The molecule has 0 radical (unpaired) electrons. The highest BCUT2D eigenvalue weighted by atomic mass is 16.3. The monoisotopic (exact) mass is 225 g/mol. The Kier molecular flexibility index (Phi) is 5.82. The van der Waals surface area contributed by atoms with E-state index in [1.165, 1.54) is 0 Å². The summed E-state index contributed by atoms with van der Waals surface area (Å²) in [7, 11) is 0. The number of rotatable bonds is 8. The maximum atomic E-state index is 10.5. The third-order valence-electron chi connectivity index (χ3n) is 2.42. The zero-order chi connectivity index (χ0) is 11.8. The molecule has 4 heteroatoms. The highest BCUT2D eigenvalue weighted by Gasteiger charge is 2.08. The molecule has 0 amide bonds. The van der Waals surface area contributed by atoms with Crippen molar-refractivity contribution in [2.24, 2.45) is 0 Å². The van der Waals surface area contributed by atoms with E-state index >= 15 is 0 Å². The fraction of sp³-hybridized carbons (Fsp3) is 0.583. The molecule has 0 aliphatic carbocycles. The van der Waals surface area contributed by atoms with E-state index < -0.39 is 0 Å². The Labute approximate surface area is 95.9 Å². The van der Waals surface area contributed by atoms with Crippen molar-refractivity contribution in [3.05, 3.63) is 23.7 Å². The summed E-state index contributed by atoms with van der Waals surface area (Å²) in [6.07, 6.45) is 2.92. The smallest absolute Gasteiger partial charge is 0.185 e. The van der Waals surface area contributed by atoms with Gasteiger partial charge >= 0.3 is 0 Å². The highest BCUT2D eigenvalue weighted by Crippen LogP contribution is 2.09. The molecule has 1 N–H and O–H groups in total. The molecule has 0 aliphatic rings. The Morgan fingerprint density at radius 3 is 2.81 bits per heavy atom. The molecule has 0 aliphatic heterocycles. The lowest BCUT2D eigenvalue weighted by atomic mass is 10.3. The van der Waals surface area contributed by atoms with E-state index in [9.17, 15) is 4.79 Å². The number of carbonyl (C=O) groups is 1. The lowest BCUT2D eigenvalue weighted by Crippen LogP contribution is -2.27. The number of furan rings is 1. The molecule has 1 heterocycles. The molecule has 0 bridgehead atoms. The third kappa shape index (κ3) is 4.16. The average molecular weight is 225 g/mol. The van der Waals surface area contributed by atoms with Gasteiger partial charge in [0.25, 0.3) is 0 Å². The van der Waals surface area contributed by atoms with E-state index in [-0.39, 0.29) is 6.61 Å². The van der Waals surface area contributed by atoms with E-state index in [1.54, 1.807) is 12.1 Å². The van der Waals surface area contributed by atoms with Gasteiger partial charge in [-0.25, -0.2) is 0 Å². The van der Waals surface area contributed by atoms with Crippen LogP contribution in [0.15, 0.2) is 16.5 Å². The molecule has 90 valence electrons. The second-order valence-electron chi connectivity index (χ2n) is 3.78. The molecule has 0 atom stereocenters. The van der Waals surface area contributed by atoms with E-state index in [1.807, 2.05) is 0 Å². The molecule has 0 aromatic carbocycles. The Morgan fingerprint density at radius 1 is 1.44 bits per heavy atom. The minimum Gasteiger partial charge on any atom is -0.457 e. The van der Waals surface area contributed by atoms with Crippen molar-refractivity contribution in [1.82, 2.24) is 4.90 Å². The van der Waals surface area contributed by atoms with E-state index in [0.717, 1.165) is 25.1 Å². The lowest BCUT2D eigenvalue weighted by Gasteiger charge is -2.19. The molecule has 0 unspecified atom stereocenters. The summed E-state index contributed by atoms with van der Waals surface area (Å²) in [5.41, 5.74) is 0. The van der Waals surface area contributed by atoms with E-state index in [0.29, 0.717) is 25.1 Å². The van der Waals surface area contributed by atoms with Gasteiger partial charge in [-0.05, 0) is 25.1 Å². The molecule has 1 rings (SSSR count). The van der Waals surface area contributed by atoms with Crippen LogP contribution in [0.25, 0.3) is 0 Å². The average Bonchev–Trinajstić information content (AvgIpc) is 2.74. The van der Waals surface area contributed by atoms with Gasteiger partial charge in [0.15, 0.2) is 12.0 Å². The molecule has 0 saturated heterocycles. The largest absolute Gasteiger partial charge is 0.457 e. The maximum absolute atomic E-state index is 10.5. The molecular formula is C12H19NO3. The van der Waals surface area contributed by atoms with Crippen molar-refractivity contribution in [1.29, 1.82) is 0 Å². The predicted molar refractivity (Wildman–Crippen MR) is 61.4 cm³/mol. The van der Waals surface area contributed by atoms with Crippen molar-refractivity contribution >= 4 is 6.29 Å². The quantitative estimate of drug-likeness (QED) is 0.684. The number of carbonyl (C=O) groups excluding carboxylic acids is 1. The first-order valence-corrected chi connectivity index (χ1v) is 5.67. The van der Waals surface area contributed by atoms with Crippen molar-refractivity contribution < 1.29 is 14.3 Å². The van der Waals surface area contributed by atoms with Crippen LogP contribution in [0, 0.1) is 0 Å². The van der Waals surface area contributed by atoms with Crippen LogP contribution in [0.3, 0.4) is 0 Å². The van der Waals surface area contributed by atoms with Crippen molar-refractivity contribution in [2.45, 2.75) is 26.3 Å². The Bertz CT molecular complexity index is 309. The standard InChI is InChI=1S/C12H19NO3/c1-2-3-6-13(7-8-14)9-11-4-5-12(10-15)16-11/h4-5,10,14H,2-3,6-9H2,1H3. The highest BCUT2D eigenvalue weighted by molar-refractivity contribution is 5.70. The van der Waals surface area contributed by atoms with E-state index in [2.05, 4.69) is 11.8 Å². The van der Waals surface area contributed by atoms with Gasteiger partial charge in [0.05, 0.1) is 13.2 Å². The molecular weight excluding hydrogens is 206 g/mol. The van der Waals surface area contributed by atoms with Gasteiger partial charge in [0, 0.05) is 6.54 Å². The van der Waals surface area contributed by atoms with Crippen LogP contribution in [-0.4, -0.2) is 36.0 Å². The SMILES string of the molecule is CCCCN(CCO)Cc1ccc(C=O)o1. The number of unbranched alkanes of at least 4 members (excludes halogenated alkanes) is 1. The first-order valence-electron chi connectivity index (χ1n) is 5.67. The fourth-order valence-electron chi connectivity index (χ4n) is 1.56. The molecule has 0 spiro atoms. The number of nitrogens with zero attached hydrogens (tertiary/aromatic N) is 1. The summed E-state index contributed by atoms with van der Waals surface area (Å²) < 4.78 is 5.30. The number of hydrogen-bond acceptors (Lipinski definition) is 4. The molecule has 4 nitrogen and oxygen atoms in total. The van der Waals surface area contributed by atoms with Gasteiger partial charge in [0.2, 0.25) is 0 Å². The van der Waals surface area contributed by atoms with Crippen LogP contribution in [-0.2, 0) is 6.54 Å². The van der Waals surface area contributed by atoms with E-state index in [4.69, 9.17) is 9.52 Å². The van der Waals surface area contributed by atoms with Gasteiger partial charge in [-0.3, -0.25) is 9.69 Å². The van der Waals surface area contributed by atoms with Gasteiger partial charge in [-0.15, -0.1) is 0 Å². The molecule has 0 fully saturated rings. The summed E-state index contributed by atoms with van der Waals surface area (Å²) >= 11 is 0. The summed E-state index contributed by atoms with van der Waals surface area (Å²) in [6, 6.07) is 3.47. The Hall–Kier alpha value is -1.13. The minimum atomic E-state index is 0.144. The number of hydrogen-bond donors (Lipinski definition) is 1.